The van der Waals surface area contributed by atoms with Crippen molar-refractivity contribution in [2.75, 3.05) is 5.32 Å². The molecule has 26 heavy (non-hydrogen) atoms. The van der Waals surface area contributed by atoms with Gasteiger partial charge in [-0.3, -0.25) is 4.21 Å². The lowest BCUT2D eigenvalue weighted by Crippen LogP contribution is -2.78. The molecule has 1 aromatic carbocycles. The maximum absolute atomic E-state index is 13.3. The largest absolute Gasteiger partial charge is 0.382 e. The lowest BCUT2D eigenvalue weighted by atomic mass is 9.51. The highest BCUT2D eigenvalue weighted by molar-refractivity contribution is 9.10. The molecule has 3 rings (SSSR count). The Hall–Kier alpha value is -1.55. The highest BCUT2D eigenvalue weighted by Gasteiger charge is 2.58. The zero-order valence-corrected chi connectivity index (χ0v) is 15.4. The van der Waals surface area contributed by atoms with E-state index in [-0.39, 0.29) is 21.8 Å². The van der Waals surface area contributed by atoms with Crippen LogP contribution in [-0.4, -0.2) is 66.9 Å². The van der Waals surface area contributed by atoms with E-state index in [1.54, 1.807) is 0 Å². The number of benzene rings is 1. The van der Waals surface area contributed by atoms with Crippen molar-refractivity contribution in [1.29, 1.82) is 0 Å². The predicted molar refractivity (Wildman–Crippen MR) is 103 cm³/mol. The van der Waals surface area contributed by atoms with Crippen molar-refractivity contribution in [3.63, 3.8) is 0 Å². The molecule has 0 saturated carbocycles. The molecule has 1 fully saturated rings. The van der Waals surface area contributed by atoms with Gasteiger partial charge in [-0.1, -0.05) is 0 Å². The molecule has 8 radical (unpaired) electrons. The highest BCUT2D eigenvalue weighted by Crippen LogP contribution is 2.39. The Bertz CT molecular complexity index is 907. The van der Waals surface area contributed by atoms with E-state index in [1.807, 2.05) is 0 Å². The number of hydrogen-bond acceptors (Lipinski definition) is 6. The van der Waals surface area contributed by atoms with E-state index in [4.69, 9.17) is 37.1 Å². The summed E-state index contributed by atoms with van der Waals surface area (Å²) in [5.41, 5.74) is 6.29. The number of rotatable bonds is 4. The van der Waals surface area contributed by atoms with Gasteiger partial charge in [0, 0.05) is 16.8 Å². The topological polar surface area (TPSA) is 106 Å². The van der Waals surface area contributed by atoms with Crippen molar-refractivity contribution in [2.45, 2.75) is 15.1 Å². The lowest BCUT2D eigenvalue weighted by Gasteiger charge is -2.58. The number of anilines is 1. The first kappa shape index (κ1) is 19.2. The lowest BCUT2D eigenvalue weighted by molar-refractivity contribution is 0.307. The van der Waals surface area contributed by atoms with Crippen molar-refractivity contribution in [2.24, 2.45) is 10.7 Å². The Labute approximate surface area is 164 Å². The second kappa shape index (κ2) is 6.56. The summed E-state index contributed by atoms with van der Waals surface area (Å²) < 4.78 is 26.7. The van der Waals surface area contributed by atoms with Gasteiger partial charge in [0.25, 0.3) is 0 Å². The van der Waals surface area contributed by atoms with Crippen LogP contribution in [0.2, 0.25) is 0 Å². The summed E-state index contributed by atoms with van der Waals surface area (Å²) in [5.74, 6) is -0.530. The summed E-state index contributed by atoms with van der Waals surface area (Å²) in [5, 5.41) is 10.0. The third-order valence-corrected chi connectivity index (χ3v) is 6.07. The number of nitrogens with two attached hydrogens (primary N) is 1. The maximum atomic E-state index is 13.3. The summed E-state index contributed by atoms with van der Waals surface area (Å²) in [6.45, 7) is 0. The summed E-state index contributed by atoms with van der Waals surface area (Å²) in [6.07, 6.45) is 0. The normalized spacial score (nSPS) is 24.0. The Morgan fingerprint density at radius 3 is 2.62 bits per heavy atom. The first-order valence-electron chi connectivity index (χ1n) is 7.01. The summed E-state index contributed by atoms with van der Waals surface area (Å²) in [4.78, 5) is 4.11. The third kappa shape index (κ3) is 3.13. The van der Waals surface area contributed by atoms with Crippen LogP contribution < -0.4 is 11.1 Å². The van der Waals surface area contributed by atoms with Crippen LogP contribution in [0.4, 0.5) is 15.9 Å². The van der Waals surface area contributed by atoms with Crippen molar-refractivity contribution >= 4 is 75.5 Å². The summed E-state index contributed by atoms with van der Waals surface area (Å²) in [6, 6.07) is 3.05. The van der Waals surface area contributed by atoms with Gasteiger partial charge in [0.2, 0.25) is 5.82 Å². The molecule has 0 spiro atoms. The quantitative estimate of drug-likeness (QED) is 0.388. The van der Waals surface area contributed by atoms with Gasteiger partial charge in [-0.15, -0.1) is 0 Å². The molecule has 2 heterocycles. The molecule has 0 amide bonds. The molecule has 1 aliphatic heterocycles. The monoisotopic (exact) mass is 427 g/mol. The number of nitrogens with zero attached hydrogens (tertiary/aromatic N) is 3. The molecule has 124 valence electrons. The van der Waals surface area contributed by atoms with E-state index in [0.29, 0.717) is 5.69 Å². The second-order valence-electron chi connectivity index (χ2n) is 5.61. The Kier molecular flexibility index (Phi) is 4.85. The van der Waals surface area contributed by atoms with Gasteiger partial charge in [0.1, 0.15) is 5.82 Å². The highest BCUT2D eigenvalue weighted by atomic mass is 79.9. The average Bonchev–Trinajstić information content (AvgIpc) is 3.03. The number of halogens is 2. The minimum absolute atomic E-state index is 0.00896. The number of nitrogens with one attached hydrogen (secondary N) is 1. The van der Waals surface area contributed by atoms with Crippen LogP contribution in [0.25, 0.3) is 0 Å². The summed E-state index contributed by atoms with van der Waals surface area (Å²) in [7, 11) is 21.1. The van der Waals surface area contributed by atoms with Crippen LogP contribution in [0, 0.1) is 5.82 Å². The zero-order valence-electron chi connectivity index (χ0n) is 13.0. The van der Waals surface area contributed by atoms with Gasteiger partial charge >= 0.3 is 0 Å². The van der Waals surface area contributed by atoms with E-state index in [0.717, 1.165) is 0 Å². The molecule has 0 aliphatic carbocycles. The van der Waals surface area contributed by atoms with Crippen molar-refractivity contribution in [3.8, 4) is 0 Å². The number of aliphatic imine (C=N–C) groups is 1. The van der Waals surface area contributed by atoms with Crippen LogP contribution in [0.1, 0.15) is 5.69 Å². The van der Waals surface area contributed by atoms with E-state index >= 15 is 0 Å². The van der Waals surface area contributed by atoms with Crippen LogP contribution in [0.15, 0.2) is 32.3 Å². The maximum Gasteiger partial charge on any atom is 0.202 e. The Morgan fingerprint density at radius 1 is 1.35 bits per heavy atom. The standard InChI is InChI=1S/C12H7B4BrFN5O2S/c13-11(14)10(12(15,16)26(11)24)21-9-7(22-25-23-9)8(19)20-4-1-2-6(18)5(17)3-4/h1-3,10H,(H2,19,20)(H,21,23). The first-order valence-corrected chi connectivity index (χ1v) is 8.95. The molecular weight excluding hydrogens is 420 g/mol. The molecule has 0 bridgehead atoms. The molecule has 1 aliphatic rings. The van der Waals surface area contributed by atoms with Gasteiger partial charge in [0.15, 0.2) is 11.5 Å². The van der Waals surface area contributed by atoms with Crippen LogP contribution >= 0.6 is 15.9 Å². The smallest absolute Gasteiger partial charge is 0.202 e. The van der Waals surface area contributed by atoms with E-state index in [9.17, 15) is 8.60 Å². The molecule has 1 saturated heterocycles. The fourth-order valence-electron chi connectivity index (χ4n) is 2.38. The molecule has 14 heteroatoms. The third-order valence-electron chi connectivity index (χ3n) is 3.71. The Morgan fingerprint density at radius 2 is 2.00 bits per heavy atom. The van der Waals surface area contributed by atoms with Gasteiger partial charge < -0.3 is 11.1 Å². The molecule has 1 aromatic heterocycles. The molecule has 2 aromatic rings. The number of hydrogen-bond donors (Lipinski definition) is 2. The van der Waals surface area contributed by atoms with Gasteiger partial charge in [0.05, 0.1) is 41.5 Å². The minimum atomic E-state index is -1.89. The SMILES string of the molecule is [B]C1([B])C(Nc2nonc2C(N)=Nc2ccc(F)c(Br)c2)C([B])([B])S1=O. The van der Waals surface area contributed by atoms with Crippen molar-refractivity contribution in [1.82, 2.24) is 10.3 Å². The Balaban J connectivity index is 1.88. The van der Waals surface area contributed by atoms with Crippen molar-refractivity contribution in [3.05, 3.63) is 34.2 Å². The predicted octanol–water partition coefficient (Wildman–Crippen LogP) is -0.467. The fourth-order valence-corrected chi connectivity index (χ4v) is 4.10. The van der Waals surface area contributed by atoms with E-state index in [2.05, 4.69) is 41.2 Å². The molecule has 3 N–H and O–H groups in total. The van der Waals surface area contributed by atoms with Crippen molar-refractivity contribution < 1.29 is 13.2 Å². The zero-order chi connectivity index (χ0) is 19.3. The fraction of sp³-hybridized carbons (Fsp3) is 0.250. The van der Waals surface area contributed by atoms with Crippen LogP contribution in [0.5, 0.6) is 0 Å². The molecule has 0 unspecified atom stereocenters. The molecular formula is C12H7B4BrFN5O2S. The number of amidine groups is 1. The summed E-state index contributed by atoms with van der Waals surface area (Å²) >= 11 is 3.05. The molecule has 7 nitrogen and oxygen atoms in total. The first-order chi connectivity index (χ1) is 12.0. The van der Waals surface area contributed by atoms with Gasteiger partial charge in [-0.2, -0.15) is 0 Å². The van der Waals surface area contributed by atoms with Crippen LogP contribution in [-0.2, 0) is 10.8 Å². The van der Waals surface area contributed by atoms with Gasteiger partial charge in [-0.05, 0) is 53.5 Å². The second-order valence-corrected chi connectivity index (χ2v) is 8.42. The minimum Gasteiger partial charge on any atom is -0.382 e. The average molecular weight is 427 g/mol. The van der Waals surface area contributed by atoms with E-state index < -0.39 is 31.8 Å². The van der Waals surface area contributed by atoms with Gasteiger partial charge in [-0.25, -0.2) is 14.0 Å². The number of aromatic nitrogens is 2. The van der Waals surface area contributed by atoms with E-state index in [1.165, 1.54) is 18.2 Å². The van der Waals surface area contributed by atoms with Crippen LogP contribution in [0.3, 0.4) is 0 Å². The molecule has 0 atom stereocenters.